The number of aryl methyl sites for hydroxylation is 1. The summed E-state index contributed by atoms with van der Waals surface area (Å²) in [4.78, 5) is 21.0. The van der Waals surface area contributed by atoms with Crippen molar-refractivity contribution < 1.29 is 31.5 Å². The third-order valence-corrected chi connectivity index (χ3v) is 7.27. The normalized spacial score (nSPS) is 16.4. The zero-order valence-corrected chi connectivity index (χ0v) is 19.1. The van der Waals surface area contributed by atoms with Gasteiger partial charge < -0.3 is 19.4 Å². The minimum Gasteiger partial charge on any atom is -0.482 e. The van der Waals surface area contributed by atoms with Crippen LogP contribution in [0.2, 0.25) is 5.02 Å². The van der Waals surface area contributed by atoms with Crippen LogP contribution in [-0.2, 0) is 16.9 Å². The Labute approximate surface area is 192 Å². The van der Waals surface area contributed by atoms with E-state index in [-0.39, 0.29) is 34.0 Å². The van der Waals surface area contributed by atoms with Gasteiger partial charge in [-0.2, -0.15) is 0 Å². The fourth-order valence-electron chi connectivity index (χ4n) is 3.62. The first-order valence-electron chi connectivity index (χ1n) is 9.68. The number of hydrogen-bond acceptors (Lipinski definition) is 7. The molecule has 3 aromatic rings. The number of halogens is 3. The van der Waals surface area contributed by atoms with E-state index in [2.05, 4.69) is 15.3 Å². The van der Waals surface area contributed by atoms with E-state index >= 15 is 0 Å². The molecule has 4 rings (SSSR count). The molecule has 1 aliphatic rings. The molecule has 0 unspecified atom stereocenters. The van der Waals surface area contributed by atoms with E-state index in [1.807, 2.05) is 0 Å². The number of benzene rings is 1. The minimum absolute atomic E-state index is 0.0448. The Morgan fingerprint density at radius 2 is 2.06 bits per heavy atom. The molecule has 1 saturated heterocycles. The number of alkyl halides is 2. The fraction of sp³-hybridized carbons (Fsp3) is 0.350. The van der Waals surface area contributed by atoms with Gasteiger partial charge in [0.05, 0.1) is 33.1 Å². The Bertz CT molecular complexity index is 1330. The second-order valence-electron chi connectivity index (χ2n) is 7.95. The molecule has 0 aliphatic carbocycles. The molecule has 3 heterocycles. The summed E-state index contributed by atoms with van der Waals surface area (Å²) in [6, 6.07) is 6.11. The molecule has 1 amide bonds. The maximum Gasteiger partial charge on any atom is 0.287 e. The van der Waals surface area contributed by atoms with Gasteiger partial charge in [-0.25, -0.2) is 27.2 Å². The highest BCUT2D eigenvalue weighted by molar-refractivity contribution is 7.93. The summed E-state index contributed by atoms with van der Waals surface area (Å²) >= 11 is 5.87. The van der Waals surface area contributed by atoms with Gasteiger partial charge in [0.2, 0.25) is 0 Å². The number of imidazole rings is 1. The third kappa shape index (κ3) is 5.01. The van der Waals surface area contributed by atoms with E-state index in [0.29, 0.717) is 16.8 Å². The van der Waals surface area contributed by atoms with Crippen LogP contribution in [0, 0.1) is 0 Å². The van der Waals surface area contributed by atoms with Crippen molar-refractivity contribution in [2.45, 2.75) is 18.9 Å². The van der Waals surface area contributed by atoms with E-state index in [0.717, 1.165) is 0 Å². The number of fused-ring (bicyclic) bond motifs is 1. The molecule has 1 aromatic carbocycles. The number of amides is 1. The Balaban J connectivity index is 1.57. The molecule has 176 valence electrons. The van der Waals surface area contributed by atoms with Gasteiger partial charge >= 0.3 is 0 Å². The third-order valence-electron chi connectivity index (χ3n) is 4.91. The molecule has 1 aliphatic heterocycles. The first-order chi connectivity index (χ1) is 15.4. The van der Waals surface area contributed by atoms with Crippen molar-refractivity contribution in [1.29, 1.82) is 0 Å². The molecule has 2 aromatic heterocycles. The summed E-state index contributed by atoms with van der Waals surface area (Å²) in [7, 11) is -1.50. The zero-order chi connectivity index (χ0) is 24.0. The van der Waals surface area contributed by atoms with E-state index in [9.17, 15) is 22.0 Å². The highest BCUT2D eigenvalue weighted by atomic mass is 35.5. The van der Waals surface area contributed by atoms with E-state index in [1.54, 1.807) is 32.2 Å². The lowest BCUT2D eigenvalue weighted by Crippen LogP contribution is -2.63. The van der Waals surface area contributed by atoms with Crippen molar-refractivity contribution in [1.82, 2.24) is 19.9 Å². The van der Waals surface area contributed by atoms with Crippen LogP contribution in [0.25, 0.3) is 11.0 Å². The number of carbonyl (C=O) groups excluding carboxylic acids is 1. The van der Waals surface area contributed by atoms with Crippen molar-refractivity contribution in [3.05, 3.63) is 41.3 Å². The van der Waals surface area contributed by atoms with Crippen molar-refractivity contribution in [2.24, 2.45) is 7.05 Å². The SMILES string of the molecule is Cn1c(C(=O)NC2(C)CS(=O)(=O)C2)nc2ccc(Oc3ncc(Cl)cc3OCC(F)F)cc21. The summed E-state index contributed by atoms with van der Waals surface area (Å²) in [6.07, 6.45) is -1.40. The van der Waals surface area contributed by atoms with Crippen LogP contribution >= 0.6 is 11.6 Å². The van der Waals surface area contributed by atoms with Gasteiger partial charge in [0.1, 0.15) is 12.4 Å². The molecular weight excluding hydrogens is 482 g/mol. The number of pyridine rings is 1. The van der Waals surface area contributed by atoms with Crippen molar-refractivity contribution in [3.63, 3.8) is 0 Å². The molecule has 0 radical (unpaired) electrons. The van der Waals surface area contributed by atoms with Crippen LogP contribution in [0.15, 0.2) is 30.5 Å². The van der Waals surface area contributed by atoms with Crippen LogP contribution in [0.3, 0.4) is 0 Å². The second-order valence-corrected chi connectivity index (χ2v) is 10.5. The Hall–Kier alpha value is -2.99. The predicted octanol–water partition coefficient (Wildman–Crippen LogP) is 2.97. The molecule has 0 bridgehead atoms. The molecule has 1 fully saturated rings. The van der Waals surface area contributed by atoms with Gasteiger partial charge in [-0.1, -0.05) is 11.6 Å². The van der Waals surface area contributed by atoms with Crippen LogP contribution < -0.4 is 14.8 Å². The van der Waals surface area contributed by atoms with E-state index in [1.165, 1.54) is 16.8 Å². The molecular formula is C20H19ClF2N4O5S. The lowest BCUT2D eigenvalue weighted by Gasteiger charge is -2.38. The standard InChI is InChI=1S/C20H19ClF2N4O5S/c1-20(9-33(29,30)10-20)26-18(28)17-25-13-4-3-12(6-14(13)27(17)2)32-19-15(31-8-16(22)23)5-11(21)7-24-19/h3-7,16H,8-10H2,1-2H3,(H,26,28). The van der Waals surface area contributed by atoms with Crippen LogP contribution in [0.1, 0.15) is 17.5 Å². The number of hydrogen-bond donors (Lipinski definition) is 1. The first kappa shape index (κ1) is 23.2. The maximum absolute atomic E-state index is 12.7. The van der Waals surface area contributed by atoms with Gasteiger partial charge in [0.25, 0.3) is 18.2 Å². The quantitative estimate of drug-likeness (QED) is 0.530. The number of aromatic nitrogens is 3. The van der Waals surface area contributed by atoms with E-state index in [4.69, 9.17) is 21.1 Å². The predicted molar refractivity (Wildman–Crippen MR) is 116 cm³/mol. The lowest BCUT2D eigenvalue weighted by atomic mass is 10.1. The van der Waals surface area contributed by atoms with Crippen molar-refractivity contribution in [2.75, 3.05) is 18.1 Å². The number of sulfone groups is 1. The zero-order valence-electron chi connectivity index (χ0n) is 17.5. The molecule has 1 N–H and O–H groups in total. The number of carbonyl (C=O) groups is 1. The number of nitrogens with zero attached hydrogens (tertiary/aromatic N) is 3. The first-order valence-corrected chi connectivity index (χ1v) is 11.9. The lowest BCUT2D eigenvalue weighted by molar-refractivity contribution is 0.0804. The Morgan fingerprint density at radius 3 is 2.73 bits per heavy atom. The van der Waals surface area contributed by atoms with Gasteiger partial charge in [0, 0.05) is 25.4 Å². The monoisotopic (exact) mass is 500 g/mol. The van der Waals surface area contributed by atoms with Crippen LogP contribution in [0.5, 0.6) is 17.4 Å². The summed E-state index contributed by atoms with van der Waals surface area (Å²) in [5, 5.41) is 2.92. The number of rotatable bonds is 7. The molecule has 13 heteroatoms. The van der Waals surface area contributed by atoms with Gasteiger partial charge in [-0.3, -0.25) is 4.79 Å². The Morgan fingerprint density at radius 1 is 1.33 bits per heavy atom. The molecule has 0 spiro atoms. The van der Waals surface area contributed by atoms with Crippen LogP contribution in [-0.4, -0.2) is 58.9 Å². The van der Waals surface area contributed by atoms with Gasteiger partial charge in [0.15, 0.2) is 21.4 Å². The largest absolute Gasteiger partial charge is 0.482 e. The summed E-state index contributed by atoms with van der Waals surface area (Å²) in [5.41, 5.74) is 0.213. The van der Waals surface area contributed by atoms with E-state index < -0.39 is 34.3 Å². The smallest absolute Gasteiger partial charge is 0.287 e. The average molecular weight is 501 g/mol. The van der Waals surface area contributed by atoms with Gasteiger partial charge in [-0.15, -0.1) is 0 Å². The Kier molecular flexibility index (Phi) is 5.91. The summed E-state index contributed by atoms with van der Waals surface area (Å²) in [5.74, 6) is -0.467. The number of ether oxygens (including phenoxy) is 2. The van der Waals surface area contributed by atoms with Crippen molar-refractivity contribution in [3.8, 4) is 17.4 Å². The number of nitrogens with one attached hydrogen (secondary N) is 1. The summed E-state index contributed by atoms with van der Waals surface area (Å²) in [6.45, 7) is 0.811. The maximum atomic E-state index is 12.7. The molecule has 9 nitrogen and oxygen atoms in total. The average Bonchev–Trinajstić information content (AvgIpc) is 3.02. The summed E-state index contributed by atoms with van der Waals surface area (Å²) < 4.78 is 60.4. The van der Waals surface area contributed by atoms with Crippen LogP contribution in [0.4, 0.5) is 8.78 Å². The molecule has 0 saturated carbocycles. The second kappa shape index (κ2) is 8.41. The highest BCUT2D eigenvalue weighted by Gasteiger charge is 2.46. The fourth-order valence-corrected chi connectivity index (χ4v) is 5.77. The van der Waals surface area contributed by atoms with Gasteiger partial charge in [-0.05, 0) is 19.1 Å². The minimum atomic E-state index is -3.13. The highest BCUT2D eigenvalue weighted by Crippen LogP contribution is 2.33. The molecule has 33 heavy (non-hydrogen) atoms. The van der Waals surface area contributed by atoms with Crippen molar-refractivity contribution >= 4 is 38.4 Å². The topological polar surface area (TPSA) is 112 Å². The molecule has 0 atom stereocenters.